The Balaban J connectivity index is 1.66. The minimum absolute atomic E-state index is 0.111. The van der Waals surface area contributed by atoms with Gasteiger partial charge in [-0.15, -0.1) is 11.3 Å². The van der Waals surface area contributed by atoms with Crippen LogP contribution in [-0.2, 0) is 17.6 Å². The largest absolute Gasteiger partial charge is 0.324 e. The van der Waals surface area contributed by atoms with Gasteiger partial charge in [-0.1, -0.05) is 32.9 Å². The summed E-state index contributed by atoms with van der Waals surface area (Å²) in [4.78, 5) is 33.0. The fourth-order valence-electron chi connectivity index (χ4n) is 4.44. The summed E-state index contributed by atoms with van der Waals surface area (Å²) < 4.78 is 1.48. The van der Waals surface area contributed by atoms with Crippen molar-refractivity contribution in [3.05, 3.63) is 56.4 Å². The van der Waals surface area contributed by atoms with Gasteiger partial charge >= 0.3 is 0 Å². The van der Waals surface area contributed by atoms with Gasteiger partial charge in [0.1, 0.15) is 10.9 Å². The number of aryl methyl sites for hydroxylation is 2. The highest BCUT2D eigenvalue weighted by molar-refractivity contribution is 7.18. The summed E-state index contributed by atoms with van der Waals surface area (Å²) in [6, 6.07) is 5.18. The van der Waals surface area contributed by atoms with Crippen LogP contribution in [0.5, 0.6) is 0 Å². The molecule has 0 radical (unpaired) electrons. The molecule has 0 saturated carbocycles. The van der Waals surface area contributed by atoms with E-state index in [2.05, 4.69) is 31.1 Å². The number of carbonyl (C=O) groups excluding carboxylic acids is 1. The number of thiophene rings is 1. The molecule has 1 amide bonds. The number of nitrogens with zero attached hydrogens (tertiary/aromatic N) is 2. The van der Waals surface area contributed by atoms with E-state index in [1.807, 2.05) is 32.0 Å². The van der Waals surface area contributed by atoms with Crippen molar-refractivity contribution in [2.75, 3.05) is 5.32 Å². The van der Waals surface area contributed by atoms with Gasteiger partial charge in [0, 0.05) is 10.6 Å². The van der Waals surface area contributed by atoms with Crippen molar-refractivity contribution in [3.63, 3.8) is 0 Å². The van der Waals surface area contributed by atoms with Crippen LogP contribution in [0.15, 0.2) is 29.3 Å². The van der Waals surface area contributed by atoms with Crippen LogP contribution in [0.2, 0.25) is 0 Å². The third kappa shape index (κ3) is 3.93. The first kappa shape index (κ1) is 21.8. The minimum Gasteiger partial charge on any atom is -0.324 e. The highest BCUT2D eigenvalue weighted by Gasteiger charge is 2.32. The Morgan fingerprint density at radius 3 is 2.74 bits per heavy atom. The Morgan fingerprint density at radius 2 is 2.03 bits per heavy atom. The number of anilines is 1. The van der Waals surface area contributed by atoms with Gasteiger partial charge in [0.15, 0.2) is 0 Å². The molecule has 2 unspecified atom stereocenters. The lowest BCUT2D eigenvalue weighted by Gasteiger charge is -2.33. The number of fused-ring (bicyclic) bond motifs is 3. The molecule has 1 aromatic carbocycles. The van der Waals surface area contributed by atoms with Crippen molar-refractivity contribution in [3.8, 4) is 0 Å². The van der Waals surface area contributed by atoms with Gasteiger partial charge in [-0.2, -0.15) is 0 Å². The number of hydrogen-bond donors (Lipinski definition) is 1. The molecule has 1 aliphatic rings. The van der Waals surface area contributed by atoms with Gasteiger partial charge in [-0.25, -0.2) is 4.98 Å². The maximum absolute atomic E-state index is 13.4. The van der Waals surface area contributed by atoms with Crippen LogP contribution < -0.4 is 10.9 Å². The third-order valence-corrected chi connectivity index (χ3v) is 8.04. The van der Waals surface area contributed by atoms with Gasteiger partial charge in [-0.3, -0.25) is 14.2 Å². The van der Waals surface area contributed by atoms with E-state index >= 15 is 0 Å². The predicted molar refractivity (Wildman–Crippen MR) is 128 cm³/mol. The van der Waals surface area contributed by atoms with E-state index < -0.39 is 6.04 Å². The Bertz CT molecular complexity index is 1220. The topological polar surface area (TPSA) is 64.0 Å². The molecule has 164 valence electrons. The number of benzene rings is 1. The summed E-state index contributed by atoms with van der Waals surface area (Å²) in [5, 5.41) is 3.69. The molecule has 0 bridgehead atoms. The predicted octanol–water partition coefficient (Wildman–Crippen LogP) is 5.43. The molecule has 1 N–H and O–H groups in total. The number of carbonyl (C=O) groups is 1. The van der Waals surface area contributed by atoms with E-state index in [0.717, 1.165) is 46.5 Å². The fourth-order valence-corrected chi connectivity index (χ4v) is 5.70. The van der Waals surface area contributed by atoms with Crippen LogP contribution in [-0.4, -0.2) is 15.5 Å². The normalized spacial score (nSPS) is 17.4. The van der Waals surface area contributed by atoms with Crippen LogP contribution in [0.4, 0.5) is 5.69 Å². The first-order valence-corrected chi connectivity index (χ1v) is 11.8. The zero-order chi connectivity index (χ0) is 22.5. The molecule has 4 rings (SSSR count). The maximum atomic E-state index is 13.4. The molecule has 0 fully saturated rings. The van der Waals surface area contributed by atoms with Gasteiger partial charge in [-0.05, 0) is 74.1 Å². The van der Waals surface area contributed by atoms with Crippen molar-refractivity contribution in [1.29, 1.82) is 0 Å². The SMILES string of the molecule is Cc1cccc(NC(=O)C(C)n2cnc3sc4c(c3c2=O)CCC(C(C)(C)C)C4)c1C. The number of amides is 1. The van der Waals surface area contributed by atoms with E-state index in [0.29, 0.717) is 11.3 Å². The minimum atomic E-state index is -0.647. The van der Waals surface area contributed by atoms with Crippen molar-refractivity contribution in [2.24, 2.45) is 11.3 Å². The van der Waals surface area contributed by atoms with E-state index in [4.69, 9.17) is 0 Å². The zero-order valence-corrected chi connectivity index (χ0v) is 20.0. The Morgan fingerprint density at radius 1 is 1.29 bits per heavy atom. The van der Waals surface area contributed by atoms with E-state index in [1.54, 1.807) is 18.3 Å². The standard InChI is InChI=1S/C25H31N3O2S/c1-14-8-7-9-19(15(14)2)27-22(29)16(3)28-13-26-23-21(24(28)30)18-11-10-17(25(4,5)6)12-20(18)31-23/h7-9,13,16-17H,10-12H2,1-6H3,(H,27,29). The van der Waals surface area contributed by atoms with Crippen LogP contribution in [0.25, 0.3) is 10.2 Å². The number of aromatic nitrogens is 2. The van der Waals surface area contributed by atoms with Crippen LogP contribution in [0.3, 0.4) is 0 Å². The van der Waals surface area contributed by atoms with Crippen molar-refractivity contribution in [1.82, 2.24) is 9.55 Å². The van der Waals surface area contributed by atoms with E-state index in [9.17, 15) is 9.59 Å². The molecule has 0 saturated heterocycles. The molecule has 0 aliphatic heterocycles. The maximum Gasteiger partial charge on any atom is 0.263 e. The second-order valence-electron chi connectivity index (χ2n) is 9.86. The summed E-state index contributed by atoms with van der Waals surface area (Å²) in [5.74, 6) is 0.395. The van der Waals surface area contributed by atoms with Crippen molar-refractivity contribution < 1.29 is 4.79 Å². The molecule has 1 aliphatic carbocycles. The molecular weight excluding hydrogens is 406 g/mol. The molecular formula is C25H31N3O2S. The lowest BCUT2D eigenvalue weighted by atomic mass is 9.72. The van der Waals surface area contributed by atoms with Gasteiger partial charge in [0.2, 0.25) is 5.91 Å². The zero-order valence-electron chi connectivity index (χ0n) is 19.2. The van der Waals surface area contributed by atoms with Crippen LogP contribution >= 0.6 is 11.3 Å². The lowest BCUT2D eigenvalue weighted by molar-refractivity contribution is -0.118. The Hall–Kier alpha value is -2.47. The molecule has 31 heavy (non-hydrogen) atoms. The highest BCUT2D eigenvalue weighted by Crippen LogP contribution is 2.42. The van der Waals surface area contributed by atoms with Gasteiger partial charge in [0.05, 0.1) is 11.7 Å². The average molecular weight is 438 g/mol. The molecule has 2 atom stereocenters. The number of rotatable bonds is 3. The van der Waals surface area contributed by atoms with Crippen LogP contribution in [0, 0.1) is 25.2 Å². The summed E-state index contributed by atoms with van der Waals surface area (Å²) in [6.45, 7) is 12.6. The molecule has 3 aromatic rings. The van der Waals surface area contributed by atoms with E-state index in [-0.39, 0.29) is 16.9 Å². The van der Waals surface area contributed by atoms with Crippen molar-refractivity contribution in [2.45, 2.75) is 66.8 Å². The quantitative estimate of drug-likeness (QED) is 0.595. The highest BCUT2D eigenvalue weighted by atomic mass is 32.1. The summed E-state index contributed by atoms with van der Waals surface area (Å²) in [7, 11) is 0. The smallest absolute Gasteiger partial charge is 0.263 e. The molecule has 5 nitrogen and oxygen atoms in total. The molecule has 2 aromatic heterocycles. The summed E-state index contributed by atoms with van der Waals surface area (Å²) in [6.07, 6.45) is 4.52. The van der Waals surface area contributed by atoms with Gasteiger partial charge in [0.25, 0.3) is 5.56 Å². The van der Waals surface area contributed by atoms with Crippen molar-refractivity contribution >= 4 is 33.1 Å². The third-order valence-electron chi connectivity index (χ3n) is 6.88. The average Bonchev–Trinajstić information content (AvgIpc) is 3.09. The monoisotopic (exact) mass is 437 g/mol. The fraction of sp³-hybridized carbons (Fsp3) is 0.480. The first-order valence-electron chi connectivity index (χ1n) is 11.0. The van der Waals surface area contributed by atoms with Crippen LogP contribution in [0.1, 0.15) is 61.7 Å². The molecule has 2 heterocycles. The Labute approximate surface area is 187 Å². The Kier molecular flexibility index (Phi) is 5.54. The first-order chi connectivity index (χ1) is 14.6. The molecule has 6 heteroatoms. The second-order valence-corrected chi connectivity index (χ2v) is 10.9. The number of hydrogen-bond acceptors (Lipinski definition) is 4. The molecule has 0 spiro atoms. The second kappa shape index (κ2) is 7.90. The lowest BCUT2D eigenvalue weighted by Crippen LogP contribution is -2.32. The summed E-state index contributed by atoms with van der Waals surface area (Å²) >= 11 is 1.64. The van der Waals surface area contributed by atoms with E-state index in [1.165, 1.54) is 15.8 Å². The summed E-state index contributed by atoms with van der Waals surface area (Å²) in [5.41, 5.74) is 4.21. The number of nitrogens with one attached hydrogen (secondary N) is 1. The van der Waals surface area contributed by atoms with Gasteiger partial charge < -0.3 is 5.32 Å².